The van der Waals surface area contributed by atoms with E-state index in [9.17, 15) is 21.6 Å². The van der Waals surface area contributed by atoms with Gasteiger partial charge in [-0.15, -0.1) is 0 Å². The van der Waals surface area contributed by atoms with Crippen molar-refractivity contribution in [3.63, 3.8) is 0 Å². The summed E-state index contributed by atoms with van der Waals surface area (Å²) in [5, 5.41) is 7.49. The van der Waals surface area contributed by atoms with Crippen molar-refractivity contribution >= 4 is 25.8 Å². The van der Waals surface area contributed by atoms with E-state index in [2.05, 4.69) is 5.32 Å². The number of amides is 1. The molecule has 120 valence electrons. The molecule has 0 aromatic carbocycles. The first-order valence-electron chi connectivity index (χ1n) is 6.12. The molecule has 0 radical (unpaired) electrons. The van der Waals surface area contributed by atoms with E-state index in [1.165, 1.54) is 16.8 Å². The number of rotatable bonds is 6. The fraction of sp³-hybridized carbons (Fsp3) is 0.545. The van der Waals surface area contributed by atoms with Crippen LogP contribution in [0.25, 0.3) is 0 Å². The van der Waals surface area contributed by atoms with Gasteiger partial charge in [-0.2, -0.15) is 0 Å². The lowest BCUT2D eigenvalue weighted by Crippen LogP contribution is -2.30. The van der Waals surface area contributed by atoms with Crippen LogP contribution < -0.4 is 10.5 Å². The molecule has 8 nitrogen and oxygen atoms in total. The minimum atomic E-state index is -3.91. The van der Waals surface area contributed by atoms with Gasteiger partial charge in [0.25, 0.3) is 5.91 Å². The molecular weight excluding hydrogens is 318 g/mol. The van der Waals surface area contributed by atoms with Crippen molar-refractivity contribution < 1.29 is 21.6 Å². The number of carbonyl (C=O) groups is 1. The third-order valence-electron chi connectivity index (χ3n) is 2.70. The molecule has 0 unspecified atom stereocenters. The van der Waals surface area contributed by atoms with Crippen LogP contribution in [0, 0.1) is 0 Å². The minimum Gasteiger partial charge on any atom is -0.350 e. The zero-order valence-electron chi connectivity index (χ0n) is 12.0. The standard InChI is InChI=1S/C11H19N3O5S2/c1-8(2)14-7-9(21(12,18)19)6-10(14)11(15)13-4-5-20(3,16)17/h6-8H,4-5H2,1-3H3,(H,13,15)(H2,12,18,19). The highest BCUT2D eigenvalue weighted by Crippen LogP contribution is 2.17. The Morgan fingerprint density at radius 1 is 1.33 bits per heavy atom. The van der Waals surface area contributed by atoms with E-state index in [4.69, 9.17) is 5.14 Å². The molecule has 0 fully saturated rings. The zero-order chi connectivity index (χ0) is 16.4. The maximum Gasteiger partial charge on any atom is 0.267 e. The van der Waals surface area contributed by atoms with Gasteiger partial charge in [0.05, 0.1) is 5.75 Å². The van der Waals surface area contributed by atoms with Gasteiger partial charge in [-0.1, -0.05) is 0 Å². The van der Waals surface area contributed by atoms with Crippen molar-refractivity contribution in [1.29, 1.82) is 0 Å². The highest BCUT2D eigenvalue weighted by molar-refractivity contribution is 7.90. The molecule has 1 aromatic heterocycles. The second-order valence-corrected chi connectivity index (χ2v) is 8.81. The van der Waals surface area contributed by atoms with Gasteiger partial charge in [0, 0.05) is 25.0 Å². The number of aromatic nitrogens is 1. The van der Waals surface area contributed by atoms with Crippen molar-refractivity contribution in [3.05, 3.63) is 18.0 Å². The van der Waals surface area contributed by atoms with Gasteiger partial charge in [-0.3, -0.25) is 4.79 Å². The number of nitrogens with one attached hydrogen (secondary N) is 1. The molecule has 21 heavy (non-hydrogen) atoms. The third kappa shape index (κ3) is 5.14. The molecule has 0 atom stereocenters. The van der Waals surface area contributed by atoms with Crippen LogP contribution in [0.5, 0.6) is 0 Å². The summed E-state index contributed by atoms with van der Waals surface area (Å²) in [6.07, 6.45) is 2.35. The van der Waals surface area contributed by atoms with E-state index in [0.717, 1.165) is 6.26 Å². The summed E-state index contributed by atoms with van der Waals surface area (Å²) in [4.78, 5) is 11.9. The summed E-state index contributed by atoms with van der Waals surface area (Å²) in [6.45, 7) is 3.51. The highest BCUT2D eigenvalue weighted by atomic mass is 32.2. The number of hydrogen-bond acceptors (Lipinski definition) is 5. The van der Waals surface area contributed by atoms with Crippen molar-refractivity contribution in [1.82, 2.24) is 9.88 Å². The molecule has 0 saturated carbocycles. The first-order chi connectivity index (χ1) is 9.42. The Labute approximate surface area is 124 Å². The quantitative estimate of drug-likeness (QED) is 0.722. The average molecular weight is 337 g/mol. The number of nitrogens with two attached hydrogens (primary N) is 1. The number of sulfonamides is 1. The van der Waals surface area contributed by atoms with Crippen LogP contribution >= 0.6 is 0 Å². The third-order valence-corrected chi connectivity index (χ3v) is 4.53. The first kappa shape index (κ1) is 17.7. The molecule has 1 heterocycles. The Hall–Kier alpha value is -1.39. The van der Waals surface area contributed by atoms with Gasteiger partial charge >= 0.3 is 0 Å². The molecule has 0 aliphatic heterocycles. The fourth-order valence-corrected chi connectivity index (χ4v) is 2.67. The van der Waals surface area contributed by atoms with Crippen molar-refractivity contribution in [2.24, 2.45) is 5.14 Å². The van der Waals surface area contributed by atoms with Gasteiger partial charge in [-0.25, -0.2) is 22.0 Å². The van der Waals surface area contributed by atoms with Crippen LogP contribution in [0.15, 0.2) is 17.2 Å². The Morgan fingerprint density at radius 3 is 2.33 bits per heavy atom. The lowest BCUT2D eigenvalue weighted by atomic mass is 10.3. The Balaban J connectivity index is 3.00. The molecule has 1 rings (SSSR count). The number of primary sulfonamides is 1. The highest BCUT2D eigenvalue weighted by Gasteiger charge is 2.20. The summed E-state index contributed by atoms with van der Waals surface area (Å²) in [7, 11) is -7.10. The maximum absolute atomic E-state index is 12.0. The molecule has 10 heteroatoms. The van der Waals surface area contributed by atoms with Crippen LogP contribution in [-0.2, 0) is 19.9 Å². The largest absolute Gasteiger partial charge is 0.350 e. The SMILES string of the molecule is CC(C)n1cc(S(N)(=O)=O)cc1C(=O)NCCS(C)(=O)=O. The topological polar surface area (TPSA) is 128 Å². The van der Waals surface area contributed by atoms with E-state index in [1.807, 2.05) is 0 Å². The van der Waals surface area contributed by atoms with E-state index in [0.29, 0.717) is 0 Å². The van der Waals surface area contributed by atoms with Crippen LogP contribution in [0.3, 0.4) is 0 Å². The molecule has 0 aliphatic carbocycles. The lowest BCUT2D eigenvalue weighted by Gasteiger charge is -2.12. The predicted molar refractivity (Wildman–Crippen MR) is 78.2 cm³/mol. The van der Waals surface area contributed by atoms with Crippen LogP contribution in [-0.4, -0.2) is 45.9 Å². The number of hydrogen-bond donors (Lipinski definition) is 2. The lowest BCUT2D eigenvalue weighted by molar-refractivity contribution is 0.0945. The van der Waals surface area contributed by atoms with E-state index < -0.39 is 25.8 Å². The Kier molecular flexibility index (Phi) is 5.18. The van der Waals surface area contributed by atoms with Crippen molar-refractivity contribution in [2.75, 3.05) is 18.6 Å². The smallest absolute Gasteiger partial charge is 0.267 e. The summed E-state index contributed by atoms with van der Waals surface area (Å²) in [5.41, 5.74) is 0.113. The van der Waals surface area contributed by atoms with Crippen molar-refractivity contribution in [3.8, 4) is 0 Å². The van der Waals surface area contributed by atoms with Gasteiger partial charge in [0.15, 0.2) is 0 Å². The van der Waals surface area contributed by atoms with Gasteiger partial charge in [0.2, 0.25) is 10.0 Å². The van der Waals surface area contributed by atoms with Gasteiger partial charge < -0.3 is 9.88 Å². The predicted octanol–water partition coefficient (Wildman–Crippen LogP) is -0.509. The molecule has 0 bridgehead atoms. The zero-order valence-corrected chi connectivity index (χ0v) is 13.7. The van der Waals surface area contributed by atoms with E-state index >= 15 is 0 Å². The molecule has 0 spiro atoms. The number of sulfone groups is 1. The Morgan fingerprint density at radius 2 is 1.90 bits per heavy atom. The molecule has 0 aliphatic rings. The molecule has 0 saturated heterocycles. The Bertz CT molecular complexity index is 732. The van der Waals surface area contributed by atoms with Crippen LogP contribution in [0.1, 0.15) is 30.4 Å². The number of carbonyl (C=O) groups excluding carboxylic acids is 1. The van der Waals surface area contributed by atoms with Gasteiger partial charge in [-0.05, 0) is 19.9 Å². The first-order valence-corrected chi connectivity index (χ1v) is 9.73. The maximum atomic E-state index is 12.0. The molecule has 1 aromatic rings. The fourth-order valence-electron chi connectivity index (χ4n) is 1.66. The van der Waals surface area contributed by atoms with Crippen LogP contribution in [0.4, 0.5) is 0 Å². The summed E-state index contributed by atoms with van der Waals surface area (Å²) in [6, 6.07) is 1.02. The second-order valence-electron chi connectivity index (χ2n) is 4.99. The molecular formula is C11H19N3O5S2. The minimum absolute atomic E-state index is 0.0500. The monoisotopic (exact) mass is 337 g/mol. The summed E-state index contributed by atoms with van der Waals surface area (Å²) in [5.74, 6) is -0.745. The van der Waals surface area contributed by atoms with E-state index in [-0.39, 0.29) is 28.9 Å². The second kappa shape index (κ2) is 6.16. The molecule has 1 amide bonds. The van der Waals surface area contributed by atoms with Gasteiger partial charge in [0.1, 0.15) is 20.4 Å². The molecule has 3 N–H and O–H groups in total. The normalized spacial score (nSPS) is 12.6. The summed E-state index contributed by atoms with van der Waals surface area (Å²) < 4.78 is 46.2. The average Bonchev–Trinajstić information content (AvgIpc) is 2.71. The number of nitrogens with zero attached hydrogens (tertiary/aromatic N) is 1. The van der Waals surface area contributed by atoms with Crippen molar-refractivity contribution in [2.45, 2.75) is 24.8 Å². The van der Waals surface area contributed by atoms with Crippen LogP contribution in [0.2, 0.25) is 0 Å². The summed E-state index contributed by atoms with van der Waals surface area (Å²) >= 11 is 0. The van der Waals surface area contributed by atoms with E-state index in [1.54, 1.807) is 13.8 Å².